The van der Waals surface area contributed by atoms with Crippen molar-refractivity contribution in [2.75, 3.05) is 12.8 Å². The van der Waals surface area contributed by atoms with Gasteiger partial charge in [-0.2, -0.15) is 0 Å². The molecule has 2 N–H and O–H groups in total. The van der Waals surface area contributed by atoms with E-state index in [1.807, 2.05) is 0 Å². The van der Waals surface area contributed by atoms with Crippen molar-refractivity contribution < 1.29 is 5.11 Å². The van der Waals surface area contributed by atoms with E-state index in [1.54, 1.807) is 11.8 Å². The molecule has 3 rings (SSSR count). The van der Waals surface area contributed by atoms with Crippen molar-refractivity contribution in [1.82, 2.24) is 9.88 Å². The largest absolute Gasteiger partial charge is 0.494 e. The summed E-state index contributed by atoms with van der Waals surface area (Å²) < 4.78 is 2.07. The highest BCUT2D eigenvalue weighted by molar-refractivity contribution is 7.98. The van der Waals surface area contributed by atoms with Crippen molar-refractivity contribution in [3.63, 3.8) is 0 Å². The van der Waals surface area contributed by atoms with Gasteiger partial charge in [-0.15, -0.1) is 11.8 Å². The van der Waals surface area contributed by atoms with Gasteiger partial charge in [0.2, 0.25) is 5.88 Å². The van der Waals surface area contributed by atoms with Crippen LogP contribution >= 0.6 is 11.8 Å². The number of benzene rings is 1. The fraction of sp³-hybridized carbons (Fsp3) is 0.467. The second-order valence-corrected chi connectivity index (χ2v) is 5.92. The zero-order chi connectivity index (χ0) is 13.4. The summed E-state index contributed by atoms with van der Waals surface area (Å²) in [6.07, 6.45) is 4.33. The predicted octanol–water partition coefficient (Wildman–Crippen LogP) is 3.12. The van der Waals surface area contributed by atoms with Crippen LogP contribution in [-0.2, 0) is 19.5 Å². The number of aryl methyl sites for hydroxylation is 1. The first-order chi connectivity index (χ1) is 9.26. The molecule has 0 bridgehead atoms. The van der Waals surface area contributed by atoms with Crippen LogP contribution in [-0.4, -0.2) is 22.5 Å². The molecule has 19 heavy (non-hydrogen) atoms. The zero-order valence-electron chi connectivity index (χ0n) is 11.5. The third-order valence-electron chi connectivity index (χ3n) is 3.84. The van der Waals surface area contributed by atoms with Crippen LogP contribution in [0.3, 0.4) is 0 Å². The molecule has 1 aliphatic rings. The Labute approximate surface area is 118 Å². The van der Waals surface area contributed by atoms with Crippen LogP contribution in [0.5, 0.6) is 5.88 Å². The summed E-state index contributed by atoms with van der Waals surface area (Å²) in [6, 6.07) is 4.49. The van der Waals surface area contributed by atoms with Gasteiger partial charge in [-0.3, -0.25) is 0 Å². The van der Waals surface area contributed by atoms with Gasteiger partial charge in [0, 0.05) is 35.6 Å². The van der Waals surface area contributed by atoms with E-state index in [9.17, 15) is 5.11 Å². The van der Waals surface area contributed by atoms with Crippen LogP contribution in [0.25, 0.3) is 10.8 Å². The molecule has 0 spiro atoms. The quantitative estimate of drug-likeness (QED) is 0.846. The first-order valence-corrected chi connectivity index (χ1v) is 8.10. The van der Waals surface area contributed by atoms with Gasteiger partial charge in [-0.25, -0.2) is 0 Å². The van der Waals surface area contributed by atoms with Gasteiger partial charge >= 0.3 is 0 Å². The highest BCUT2D eigenvalue weighted by atomic mass is 32.2. The van der Waals surface area contributed by atoms with Crippen molar-refractivity contribution in [2.45, 2.75) is 37.8 Å². The van der Waals surface area contributed by atoms with Crippen LogP contribution in [0.2, 0.25) is 0 Å². The molecule has 0 amide bonds. The molecule has 2 aromatic rings. The van der Waals surface area contributed by atoms with E-state index in [4.69, 9.17) is 0 Å². The molecule has 4 heteroatoms. The molecule has 0 aliphatic carbocycles. The predicted molar refractivity (Wildman–Crippen MR) is 81.1 cm³/mol. The summed E-state index contributed by atoms with van der Waals surface area (Å²) >= 11 is 1.72. The van der Waals surface area contributed by atoms with Gasteiger partial charge in [0.15, 0.2) is 0 Å². The second kappa shape index (κ2) is 5.10. The minimum Gasteiger partial charge on any atom is -0.494 e. The van der Waals surface area contributed by atoms with Gasteiger partial charge in [0.05, 0.1) is 5.39 Å². The summed E-state index contributed by atoms with van der Waals surface area (Å²) in [7, 11) is 0. The van der Waals surface area contributed by atoms with Crippen LogP contribution in [0.15, 0.2) is 17.0 Å². The van der Waals surface area contributed by atoms with E-state index in [0.717, 1.165) is 37.9 Å². The molecule has 0 radical (unpaired) electrons. The number of nitrogens with one attached hydrogen (secondary N) is 1. The molecule has 2 heterocycles. The minimum atomic E-state index is 0.443. The highest BCUT2D eigenvalue weighted by Crippen LogP contribution is 2.39. The van der Waals surface area contributed by atoms with Crippen LogP contribution in [0.4, 0.5) is 0 Å². The lowest BCUT2D eigenvalue weighted by atomic mass is 10.1. The molecule has 0 saturated heterocycles. The van der Waals surface area contributed by atoms with Crippen molar-refractivity contribution in [3.05, 3.63) is 23.4 Å². The summed E-state index contributed by atoms with van der Waals surface area (Å²) in [5, 5.41) is 16.1. The molecule has 0 saturated carbocycles. The normalized spacial score (nSPS) is 14.8. The number of nitrogens with zero attached hydrogens (tertiary/aromatic N) is 1. The molecule has 0 fully saturated rings. The Morgan fingerprint density at radius 3 is 3.00 bits per heavy atom. The molecule has 3 nitrogen and oxygen atoms in total. The van der Waals surface area contributed by atoms with Gasteiger partial charge in [-0.1, -0.05) is 13.3 Å². The highest BCUT2D eigenvalue weighted by Gasteiger charge is 2.21. The van der Waals surface area contributed by atoms with E-state index in [1.165, 1.54) is 21.5 Å². The van der Waals surface area contributed by atoms with Crippen molar-refractivity contribution in [3.8, 4) is 5.88 Å². The maximum absolute atomic E-state index is 10.5. The molecule has 0 unspecified atom stereocenters. The number of aromatic hydroxyl groups is 1. The first kappa shape index (κ1) is 12.9. The average Bonchev–Trinajstić information content (AvgIpc) is 2.73. The Morgan fingerprint density at radius 2 is 2.26 bits per heavy atom. The van der Waals surface area contributed by atoms with Crippen molar-refractivity contribution >= 4 is 22.5 Å². The second-order valence-electron chi connectivity index (χ2n) is 5.07. The molecular formula is C15H20N2OS. The molecular weight excluding hydrogens is 256 g/mol. The number of hydrogen-bond acceptors (Lipinski definition) is 3. The number of fused-ring (bicyclic) bond motifs is 3. The third kappa shape index (κ3) is 2.03. The lowest BCUT2D eigenvalue weighted by molar-refractivity contribution is 0.396. The number of rotatable bonds is 3. The first-order valence-electron chi connectivity index (χ1n) is 6.88. The fourth-order valence-electron chi connectivity index (χ4n) is 2.96. The summed E-state index contributed by atoms with van der Waals surface area (Å²) in [5.41, 5.74) is 2.60. The Hall–Kier alpha value is -1.13. The van der Waals surface area contributed by atoms with E-state index in [0.29, 0.717) is 5.88 Å². The Bertz CT molecular complexity index is 618. The van der Waals surface area contributed by atoms with E-state index >= 15 is 0 Å². The lowest BCUT2D eigenvalue weighted by Gasteiger charge is -2.17. The third-order valence-corrected chi connectivity index (χ3v) is 4.60. The zero-order valence-corrected chi connectivity index (χ0v) is 12.3. The average molecular weight is 276 g/mol. The van der Waals surface area contributed by atoms with Crippen molar-refractivity contribution in [2.24, 2.45) is 0 Å². The van der Waals surface area contributed by atoms with E-state index < -0.39 is 0 Å². The maximum atomic E-state index is 10.5. The summed E-state index contributed by atoms with van der Waals surface area (Å²) in [6.45, 7) is 4.84. The molecule has 102 valence electrons. The fourth-order valence-corrected chi connectivity index (χ4v) is 3.64. The molecule has 1 aromatic heterocycles. The summed E-state index contributed by atoms with van der Waals surface area (Å²) in [5.74, 6) is 0.443. The smallest absolute Gasteiger partial charge is 0.200 e. The Kier molecular flexibility index (Phi) is 3.46. The number of thioether (sulfide) groups is 1. The van der Waals surface area contributed by atoms with Gasteiger partial charge in [0.1, 0.15) is 0 Å². The van der Waals surface area contributed by atoms with E-state index in [2.05, 4.69) is 35.2 Å². The topological polar surface area (TPSA) is 37.2 Å². The van der Waals surface area contributed by atoms with Crippen LogP contribution in [0.1, 0.15) is 24.6 Å². The number of hydrogen-bond donors (Lipinski definition) is 2. The summed E-state index contributed by atoms with van der Waals surface area (Å²) in [4.78, 5) is 1.19. The van der Waals surface area contributed by atoms with Gasteiger partial charge in [0.25, 0.3) is 0 Å². The molecule has 1 aliphatic heterocycles. The maximum Gasteiger partial charge on any atom is 0.200 e. The minimum absolute atomic E-state index is 0.443. The van der Waals surface area contributed by atoms with Crippen LogP contribution < -0.4 is 5.32 Å². The monoisotopic (exact) mass is 276 g/mol. The van der Waals surface area contributed by atoms with Gasteiger partial charge in [-0.05, 0) is 30.4 Å². The van der Waals surface area contributed by atoms with Gasteiger partial charge < -0.3 is 15.0 Å². The Morgan fingerprint density at radius 1 is 1.42 bits per heavy atom. The van der Waals surface area contributed by atoms with Crippen molar-refractivity contribution in [1.29, 1.82) is 0 Å². The standard InChI is InChI=1S/C15H20N2OS/c1-3-4-10-7-11-12-9-16-5-6-17(12)15(18)14(11)13(8-10)19-2/h7-8,16,18H,3-6,9H2,1-2H3. The van der Waals surface area contributed by atoms with Crippen LogP contribution in [0, 0.1) is 0 Å². The SMILES string of the molecule is CCCc1cc(SC)c2c(O)n3c(c2c1)CNCC3. The lowest BCUT2D eigenvalue weighted by Crippen LogP contribution is -2.27. The number of aromatic nitrogens is 1. The van der Waals surface area contributed by atoms with E-state index in [-0.39, 0.29) is 0 Å². The Balaban J connectivity index is 2.29. The molecule has 0 atom stereocenters. The molecule has 1 aromatic carbocycles.